The van der Waals surface area contributed by atoms with E-state index < -0.39 is 58.0 Å². The molecule has 10 nitrogen and oxygen atoms in total. The lowest BCUT2D eigenvalue weighted by Gasteiger charge is -2.50. The number of allylic oxidation sites excluding steroid dienone is 1. The van der Waals surface area contributed by atoms with Crippen LogP contribution in [0.4, 0.5) is 0 Å². The maximum atomic E-state index is 13.7. The number of nitrogens with zero attached hydrogens (tertiary/aromatic N) is 2. The second-order valence-corrected chi connectivity index (χ2v) is 10.1. The minimum absolute atomic E-state index is 0.0326. The number of likely N-dealkylation sites (N-methyl/N-ethyl adjacent to an activating group) is 1. The summed E-state index contributed by atoms with van der Waals surface area (Å²) in [6.07, 6.45) is 5.45. The van der Waals surface area contributed by atoms with Crippen molar-refractivity contribution in [3.8, 4) is 5.75 Å². The zero-order valence-electron chi connectivity index (χ0n) is 20.8. The number of nitrogens with two attached hydrogens (primary N) is 1. The summed E-state index contributed by atoms with van der Waals surface area (Å²) < 4.78 is 0. The fourth-order valence-corrected chi connectivity index (χ4v) is 6.08. The fraction of sp³-hybridized carbons (Fsp3) is 0.286. The Balaban J connectivity index is 1.66. The highest BCUT2D eigenvalue weighted by molar-refractivity contribution is 6.24. The molecule has 0 fully saturated rings. The number of Topliss-reactive ketones (excluding diaryl/α,β-unsaturated/α-hetero) is 2. The molecule has 0 aliphatic heterocycles. The van der Waals surface area contributed by atoms with Crippen molar-refractivity contribution in [3.05, 3.63) is 81.6 Å². The minimum atomic E-state index is -2.66. The van der Waals surface area contributed by atoms with E-state index in [2.05, 4.69) is 4.98 Å². The molecule has 6 N–H and O–H groups in total. The molecule has 5 rings (SSSR count). The van der Waals surface area contributed by atoms with Gasteiger partial charge in [0.25, 0.3) is 5.91 Å². The molecule has 0 radical (unpaired) electrons. The smallest absolute Gasteiger partial charge is 0.255 e. The van der Waals surface area contributed by atoms with Crippen molar-refractivity contribution >= 4 is 29.6 Å². The van der Waals surface area contributed by atoms with E-state index in [4.69, 9.17) is 5.73 Å². The Bertz CT molecular complexity index is 1470. The van der Waals surface area contributed by atoms with Crippen molar-refractivity contribution in [1.29, 1.82) is 0 Å². The largest absolute Gasteiger partial charge is 0.510 e. The first-order valence-corrected chi connectivity index (χ1v) is 12.1. The van der Waals surface area contributed by atoms with Crippen molar-refractivity contribution in [3.63, 3.8) is 0 Å². The number of rotatable bonds is 4. The number of aromatic hydroxyl groups is 1. The molecule has 1 heterocycles. The van der Waals surface area contributed by atoms with Crippen LogP contribution >= 0.6 is 0 Å². The molecule has 0 unspecified atom stereocenters. The predicted molar refractivity (Wildman–Crippen MR) is 137 cm³/mol. The third-order valence-electron chi connectivity index (χ3n) is 7.76. The van der Waals surface area contributed by atoms with Crippen LogP contribution in [0, 0.1) is 11.8 Å². The predicted octanol–water partition coefficient (Wildman–Crippen LogP) is 1.69. The molecule has 1 amide bonds. The van der Waals surface area contributed by atoms with Crippen LogP contribution in [0.15, 0.2) is 59.2 Å². The molecule has 3 aliphatic rings. The number of pyridine rings is 1. The van der Waals surface area contributed by atoms with E-state index in [1.54, 1.807) is 44.6 Å². The first kappa shape index (κ1) is 25.4. The van der Waals surface area contributed by atoms with E-state index in [1.807, 2.05) is 12.1 Å². The van der Waals surface area contributed by atoms with Crippen molar-refractivity contribution < 1.29 is 34.8 Å². The number of phenolic OH excluding ortho intramolecular Hbond substituents is 1. The van der Waals surface area contributed by atoms with Gasteiger partial charge in [0.05, 0.1) is 17.3 Å². The number of benzene rings is 1. The van der Waals surface area contributed by atoms with Gasteiger partial charge in [-0.1, -0.05) is 18.2 Å². The summed E-state index contributed by atoms with van der Waals surface area (Å²) >= 11 is 0. The third-order valence-corrected chi connectivity index (χ3v) is 7.76. The first-order chi connectivity index (χ1) is 18.0. The fourth-order valence-electron chi connectivity index (χ4n) is 6.08. The number of hydrogen-bond acceptors (Lipinski definition) is 9. The number of carbonyl (C=O) groups excluding carboxylic acids is 3. The molecule has 0 saturated carbocycles. The maximum Gasteiger partial charge on any atom is 0.255 e. The second-order valence-electron chi connectivity index (χ2n) is 10.1. The highest BCUT2D eigenvalue weighted by Crippen LogP contribution is 2.52. The summed E-state index contributed by atoms with van der Waals surface area (Å²) in [7, 11) is 3.18. The molecule has 196 valence electrons. The first-order valence-electron chi connectivity index (χ1n) is 12.1. The quantitative estimate of drug-likeness (QED) is 0.378. The lowest BCUT2D eigenvalue weighted by Crippen LogP contribution is -2.63. The van der Waals surface area contributed by atoms with E-state index in [0.29, 0.717) is 16.8 Å². The van der Waals surface area contributed by atoms with Crippen LogP contribution in [0.1, 0.15) is 33.6 Å². The molecule has 0 saturated heterocycles. The Labute approximate surface area is 218 Å². The van der Waals surface area contributed by atoms with Crippen LogP contribution in [0.25, 0.3) is 12.2 Å². The lowest BCUT2D eigenvalue weighted by molar-refractivity contribution is -0.148. The van der Waals surface area contributed by atoms with Crippen LogP contribution in [-0.4, -0.2) is 73.5 Å². The number of fused-ring (bicyclic) bond motifs is 3. The Morgan fingerprint density at radius 1 is 1.13 bits per heavy atom. The number of aliphatic hydroxyl groups is 3. The van der Waals surface area contributed by atoms with Crippen LogP contribution in [-0.2, 0) is 16.0 Å². The number of amides is 1. The monoisotopic (exact) mass is 517 g/mol. The summed E-state index contributed by atoms with van der Waals surface area (Å²) in [5.74, 6) is -6.73. The minimum Gasteiger partial charge on any atom is -0.510 e. The molecule has 0 bridgehead atoms. The Hall–Kier alpha value is -4.28. The van der Waals surface area contributed by atoms with Gasteiger partial charge in [-0.05, 0) is 68.3 Å². The Kier molecular flexibility index (Phi) is 5.96. The van der Waals surface area contributed by atoms with Crippen LogP contribution in [0.3, 0.4) is 0 Å². The number of carbonyl (C=O) groups is 3. The zero-order valence-corrected chi connectivity index (χ0v) is 20.8. The number of ketones is 2. The van der Waals surface area contributed by atoms with Crippen molar-refractivity contribution in [2.24, 2.45) is 17.6 Å². The van der Waals surface area contributed by atoms with Gasteiger partial charge in [-0.25, -0.2) is 0 Å². The molecular weight excluding hydrogens is 490 g/mol. The van der Waals surface area contributed by atoms with Gasteiger partial charge in [0.2, 0.25) is 5.78 Å². The summed E-state index contributed by atoms with van der Waals surface area (Å²) in [6, 6.07) is 7.46. The van der Waals surface area contributed by atoms with Crippen LogP contribution in [0.2, 0.25) is 0 Å². The molecule has 3 aliphatic carbocycles. The molecule has 1 aromatic heterocycles. The topological polar surface area (TPSA) is 174 Å². The molecule has 4 atom stereocenters. The van der Waals surface area contributed by atoms with Crippen LogP contribution in [0.5, 0.6) is 5.75 Å². The highest BCUT2D eigenvalue weighted by atomic mass is 16.3. The average molecular weight is 518 g/mol. The standard InChI is InChI=1S/C28H27N3O7/c1-31(2)22-17-12-14-11-16-13(6-8-15-5-3-4-10-30-15)7-9-18(32)20(16)23(33)19(14)25(35)28(17,38)26(36)21(24(22)34)27(29)37/h3-10,14,17,22,32,34-35,38H,11-12H2,1-2H3,(H2,29,37)/b8-6+/t14-,17-,22-,28-/m0/s1. The SMILES string of the molecule is CN(C)[C@@H]1C(O)=C(C(N)=O)C(=O)[C@@]2(O)C(O)=C3C(=O)c4c(O)ccc(/C=C/c5ccccn5)c4C[C@H]3C[C@@H]12. The van der Waals surface area contributed by atoms with E-state index >= 15 is 0 Å². The molecular formula is C28H27N3O7. The lowest BCUT2D eigenvalue weighted by atomic mass is 9.58. The Morgan fingerprint density at radius 2 is 1.87 bits per heavy atom. The van der Waals surface area contributed by atoms with Crippen molar-refractivity contribution in [2.45, 2.75) is 24.5 Å². The third kappa shape index (κ3) is 3.56. The van der Waals surface area contributed by atoms with E-state index in [9.17, 15) is 34.8 Å². The van der Waals surface area contributed by atoms with E-state index in [1.165, 1.54) is 11.0 Å². The van der Waals surface area contributed by atoms with E-state index in [-0.39, 0.29) is 29.7 Å². The summed E-state index contributed by atoms with van der Waals surface area (Å²) in [6.45, 7) is 0. The number of aromatic nitrogens is 1. The van der Waals surface area contributed by atoms with Gasteiger partial charge in [-0.15, -0.1) is 0 Å². The summed E-state index contributed by atoms with van der Waals surface area (Å²) in [5.41, 5.74) is 3.55. The van der Waals surface area contributed by atoms with Gasteiger partial charge in [0.15, 0.2) is 11.4 Å². The number of primary amides is 1. The molecule has 38 heavy (non-hydrogen) atoms. The molecule has 0 spiro atoms. The Morgan fingerprint density at radius 3 is 2.50 bits per heavy atom. The van der Waals surface area contributed by atoms with Gasteiger partial charge in [0, 0.05) is 17.7 Å². The normalized spacial score (nSPS) is 27.0. The van der Waals surface area contributed by atoms with Crippen LogP contribution < -0.4 is 5.73 Å². The molecule has 10 heteroatoms. The second kappa shape index (κ2) is 8.93. The molecule has 2 aromatic rings. The van der Waals surface area contributed by atoms with Gasteiger partial charge < -0.3 is 26.2 Å². The van der Waals surface area contributed by atoms with Gasteiger partial charge >= 0.3 is 0 Å². The van der Waals surface area contributed by atoms with Gasteiger partial charge in [0.1, 0.15) is 22.8 Å². The maximum absolute atomic E-state index is 13.7. The number of phenols is 1. The zero-order chi connectivity index (χ0) is 27.5. The van der Waals surface area contributed by atoms with Gasteiger partial charge in [-0.3, -0.25) is 24.3 Å². The van der Waals surface area contributed by atoms with Crippen molar-refractivity contribution in [1.82, 2.24) is 9.88 Å². The highest BCUT2D eigenvalue weighted by Gasteiger charge is 2.63. The van der Waals surface area contributed by atoms with E-state index in [0.717, 1.165) is 0 Å². The van der Waals surface area contributed by atoms with Crippen molar-refractivity contribution in [2.75, 3.05) is 14.1 Å². The number of hydrogen-bond donors (Lipinski definition) is 5. The summed E-state index contributed by atoms with van der Waals surface area (Å²) in [4.78, 5) is 44.9. The molecule has 1 aromatic carbocycles. The summed E-state index contributed by atoms with van der Waals surface area (Å²) in [5, 5.41) is 44.4. The van der Waals surface area contributed by atoms with Gasteiger partial charge in [-0.2, -0.15) is 0 Å². The average Bonchev–Trinajstić information content (AvgIpc) is 2.86. The number of aliphatic hydroxyl groups excluding tert-OH is 2.